The van der Waals surface area contributed by atoms with E-state index >= 15 is 0 Å². The fraction of sp³-hybridized carbons (Fsp3) is 0.250. The second-order valence-corrected chi connectivity index (χ2v) is 3.68. The van der Waals surface area contributed by atoms with Gasteiger partial charge in [0.05, 0.1) is 25.6 Å². The van der Waals surface area contributed by atoms with E-state index in [2.05, 4.69) is 9.89 Å². The highest BCUT2D eigenvalue weighted by Crippen LogP contribution is 2.15. The van der Waals surface area contributed by atoms with Crippen molar-refractivity contribution in [1.82, 2.24) is 4.90 Å². The monoisotopic (exact) mass is 216 g/mol. The molecule has 2 aromatic rings. The van der Waals surface area contributed by atoms with Crippen LogP contribution in [0.1, 0.15) is 11.5 Å². The first-order valence-electron chi connectivity index (χ1n) is 5.29. The van der Waals surface area contributed by atoms with E-state index in [0.29, 0.717) is 0 Å². The third kappa shape index (κ3) is 1.62. The molecule has 3 rings (SSSR count). The number of amidine groups is 1. The Balaban J connectivity index is 1.79. The van der Waals surface area contributed by atoms with Crippen molar-refractivity contribution in [3.63, 3.8) is 0 Å². The zero-order valence-corrected chi connectivity index (χ0v) is 8.80. The van der Waals surface area contributed by atoms with E-state index in [1.165, 1.54) is 0 Å². The van der Waals surface area contributed by atoms with Gasteiger partial charge in [0.2, 0.25) is 0 Å². The molecule has 0 radical (unpaired) electrons. The molecule has 0 amide bonds. The lowest BCUT2D eigenvalue weighted by molar-refractivity contribution is 0.380. The minimum atomic E-state index is 0.743. The van der Waals surface area contributed by atoms with Gasteiger partial charge in [0.1, 0.15) is 5.76 Å². The van der Waals surface area contributed by atoms with Crippen LogP contribution in [0.4, 0.5) is 0 Å². The first-order valence-corrected chi connectivity index (χ1v) is 5.29. The summed E-state index contributed by atoms with van der Waals surface area (Å²) in [4.78, 5) is 6.61. The van der Waals surface area contributed by atoms with E-state index in [1.807, 2.05) is 24.3 Å². The number of hydrogen-bond donors (Lipinski definition) is 0. The first-order chi connectivity index (χ1) is 7.93. The second kappa shape index (κ2) is 3.89. The zero-order valence-electron chi connectivity index (χ0n) is 8.80. The van der Waals surface area contributed by atoms with Gasteiger partial charge in [-0.3, -0.25) is 4.99 Å². The Morgan fingerprint density at radius 3 is 2.81 bits per heavy atom. The Kier molecular flexibility index (Phi) is 2.25. The van der Waals surface area contributed by atoms with Crippen LogP contribution in [-0.2, 0) is 6.54 Å². The van der Waals surface area contributed by atoms with Crippen molar-refractivity contribution in [3.05, 3.63) is 48.3 Å². The molecule has 1 aliphatic heterocycles. The van der Waals surface area contributed by atoms with E-state index in [4.69, 9.17) is 8.83 Å². The SMILES string of the molecule is c1coc(CN2CCN=C2c2ccco2)c1. The van der Waals surface area contributed by atoms with Gasteiger partial charge >= 0.3 is 0 Å². The Labute approximate surface area is 93.2 Å². The lowest BCUT2D eigenvalue weighted by Crippen LogP contribution is -2.27. The van der Waals surface area contributed by atoms with Crippen molar-refractivity contribution < 1.29 is 8.83 Å². The maximum atomic E-state index is 5.36. The Bertz CT molecular complexity index is 471. The molecule has 0 spiro atoms. The number of rotatable bonds is 3. The lowest BCUT2D eigenvalue weighted by atomic mass is 10.3. The zero-order chi connectivity index (χ0) is 10.8. The van der Waals surface area contributed by atoms with Crippen LogP contribution in [0.15, 0.2) is 50.6 Å². The highest BCUT2D eigenvalue weighted by molar-refractivity contribution is 5.97. The van der Waals surface area contributed by atoms with Crippen molar-refractivity contribution in [1.29, 1.82) is 0 Å². The Morgan fingerprint density at radius 2 is 2.06 bits per heavy atom. The van der Waals surface area contributed by atoms with Crippen LogP contribution in [0.3, 0.4) is 0 Å². The van der Waals surface area contributed by atoms with Gasteiger partial charge in [0.15, 0.2) is 11.6 Å². The predicted molar refractivity (Wildman–Crippen MR) is 59.2 cm³/mol. The Morgan fingerprint density at radius 1 is 1.19 bits per heavy atom. The smallest absolute Gasteiger partial charge is 0.168 e. The average Bonchev–Trinajstić information content (AvgIpc) is 2.98. The van der Waals surface area contributed by atoms with Crippen molar-refractivity contribution >= 4 is 5.84 Å². The standard InChI is InChI=1S/C12H12N2O2/c1-3-10(15-7-1)9-14-6-5-13-12(14)11-4-2-8-16-11/h1-4,7-8H,5-6,9H2. The summed E-state index contributed by atoms with van der Waals surface area (Å²) < 4.78 is 10.7. The van der Waals surface area contributed by atoms with Gasteiger partial charge in [-0.05, 0) is 24.3 Å². The van der Waals surface area contributed by atoms with Gasteiger partial charge in [-0.1, -0.05) is 0 Å². The predicted octanol–water partition coefficient (Wildman–Crippen LogP) is 2.13. The summed E-state index contributed by atoms with van der Waals surface area (Å²) in [6, 6.07) is 7.67. The molecule has 0 aromatic carbocycles. The van der Waals surface area contributed by atoms with E-state index in [9.17, 15) is 0 Å². The maximum absolute atomic E-state index is 5.36. The van der Waals surface area contributed by atoms with Gasteiger partial charge in [-0.25, -0.2) is 0 Å². The van der Waals surface area contributed by atoms with E-state index in [1.54, 1.807) is 12.5 Å². The number of nitrogens with zero attached hydrogens (tertiary/aromatic N) is 2. The number of furan rings is 2. The van der Waals surface area contributed by atoms with Crippen LogP contribution < -0.4 is 0 Å². The second-order valence-electron chi connectivity index (χ2n) is 3.68. The van der Waals surface area contributed by atoms with Crippen LogP contribution in [0.5, 0.6) is 0 Å². The van der Waals surface area contributed by atoms with Crippen molar-refractivity contribution in [2.75, 3.05) is 13.1 Å². The fourth-order valence-electron chi connectivity index (χ4n) is 1.87. The van der Waals surface area contributed by atoms with Gasteiger partial charge in [-0.15, -0.1) is 0 Å². The lowest BCUT2D eigenvalue weighted by Gasteiger charge is -2.17. The van der Waals surface area contributed by atoms with Crippen LogP contribution in [0.2, 0.25) is 0 Å². The van der Waals surface area contributed by atoms with Crippen LogP contribution in [0.25, 0.3) is 0 Å². The minimum absolute atomic E-state index is 0.743. The molecule has 0 bridgehead atoms. The van der Waals surface area contributed by atoms with Gasteiger partial charge < -0.3 is 13.7 Å². The summed E-state index contributed by atoms with van der Waals surface area (Å²) >= 11 is 0. The molecule has 16 heavy (non-hydrogen) atoms. The summed E-state index contributed by atoms with van der Waals surface area (Å²) in [5.74, 6) is 2.69. The average molecular weight is 216 g/mol. The number of aliphatic imine (C=N–C) groups is 1. The molecule has 0 unspecified atom stereocenters. The molecule has 0 N–H and O–H groups in total. The molecule has 82 valence electrons. The molecular formula is C12H12N2O2. The molecule has 3 heterocycles. The van der Waals surface area contributed by atoms with Crippen LogP contribution in [0, 0.1) is 0 Å². The highest BCUT2D eigenvalue weighted by Gasteiger charge is 2.21. The molecule has 2 aromatic heterocycles. The minimum Gasteiger partial charge on any atom is -0.467 e. The van der Waals surface area contributed by atoms with Crippen molar-refractivity contribution in [3.8, 4) is 0 Å². The van der Waals surface area contributed by atoms with Crippen LogP contribution >= 0.6 is 0 Å². The van der Waals surface area contributed by atoms with E-state index in [0.717, 1.165) is 37.0 Å². The summed E-state index contributed by atoms with van der Waals surface area (Å²) in [5.41, 5.74) is 0. The molecule has 0 fully saturated rings. The summed E-state index contributed by atoms with van der Waals surface area (Å²) in [7, 11) is 0. The first kappa shape index (κ1) is 9.27. The van der Waals surface area contributed by atoms with Gasteiger partial charge in [-0.2, -0.15) is 0 Å². The van der Waals surface area contributed by atoms with E-state index < -0.39 is 0 Å². The van der Waals surface area contributed by atoms with Gasteiger partial charge in [0.25, 0.3) is 0 Å². The number of hydrogen-bond acceptors (Lipinski definition) is 4. The maximum Gasteiger partial charge on any atom is 0.168 e. The quantitative estimate of drug-likeness (QED) is 0.789. The third-order valence-electron chi connectivity index (χ3n) is 2.60. The summed E-state index contributed by atoms with van der Waals surface area (Å²) in [6.07, 6.45) is 3.36. The summed E-state index contributed by atoms with van der Waals surface area (Å²) in [5, 5.41) is 0. The largest absolute Gasteiger partial charge is 0.467 e. The van der Waals surface area contributed by atoms with Gasteiger partial charge in [0, 0.05) is 6.54 Å². The molecule has 4 heteroatoms. The van der Waals surface area contributed by atoms with Crippen LogP contribution in [-0.4, -0.2) is 23.8 Å². The summed E-state index contributed by atoms with van der Waals surface area (Å²) in [6.45, 7) is 2.47. The highest BCUT2D eigenvalue weighted by atomic mass is 16.3. The molecule has 0 aliphatic carbocycles. The molecule has 4 nitrogen and oxygen atoms in total. The fourth-order valence-corrected chi connectivity index (χ4v) is 1.87. The molecule has 0 saturated heterocycles. The normalized spacial score (nSPS) is 15.5. The Hall–Kier alpha value is -1.97. The molecule has 1 aliphatic rings. The van der Waals surface area contributed by atoms with Crippen molar-refractivity contribution in [2.24, 2.45) is 4.99 Å². The topological polar surface area (TPSA) is 41.9 Å². The third-order valence-corrected chi connectivity index (χ3v) is 2.60. The molecular weight excluding hydrogens is 204 g/mol. The molecule has 0 atom stereocenters. The van der Waals surface area contributed by atoms with E-state index in [-0.39, 0.29) is 0 Å². The van der Waals surface area contributed by atoms with Crippen molar-refractivity contribution in [2.45, 2.75) is 6.54 Å². The molecule has 0 saturated carbocycles.